The van der Waals surface area contributed by atoms with Crippen LogP contribution in [0.1, 0.15) is 30.9 Å². The number of carbonyl (C=O) groups is 2. The molecule has 9 heteroatoms. The van der Waals surface area contributed by atoms with Crippen LogP contribution < -0.4 is 5.32 Å². The van der Waals surface area contributed by atoms with E-state index in [2.05, 4.69) is 5.32 Å². The van der Waals surface area contributed by atoms with Crippen LogP contribution in [0, 0.1) is 0 Å². The van der Waals surface area contributed by atoms with Gasteiger partial charge >= 0.3 is 5.97 Å². The van der Waals surface area contributed by atoms with E-state index in [0.717, 1.165) is 4.31 Å². The fraction of sp³-hybridized carbons (Fsp3) is 0.300. The molecule has 1 amide bonds. The first-order valence-corrected chi connectivity index (χ1v) is 11.0. The Labute approximate surface area is 174 Å². The van der Waals surface area contributed by atoms with Gasteiger partial charge in [-0.1, -0.05) is 48.0 Å². The number of carbonyl (C=O) groups excluding carboxylic acids is 1. The van der Waals surface area contributed by atoms with Crippen LogP contribution in [0.25, 0.3) is 0 Å². The number of nitrogens with zero attached hydrogens (tertiary/aromatic N) is 1. The first-order chi connectivity index (χ1) is 13.8. The predicted octanol–water partition coefficient (Wildman–Crippen LogP) is 2.83. The molecule has 3 rings (SSSR count). The van der Waals surface area contributed by atoms with Crippen LogP contribution in [0.3, 0.4) is 0 Å². The maximum absolute atomic E-state index is 13.0. The molecule has 2 aromatic carbocycles. The first-order valence-electron chi connectivity index (χ1n) is 9.13. The molecule has 2 atom stereocenters. The van der Waals surface area contributed by atoms with E-state index in [1.54, 1.807) is 42.5 Å². The predicted molar refractivity (Wildman–Crippen MR) is 108 cm³/mol. The first kappa shape index (κ1) is 21.3. The highest BCUT2D eigenvalue weighted by atomic mass is 35.5. The molecular formula is C20H21ClN2O5S. The molecule has 0 saturated carbocycles. The van der Waals surface area contributed by atoms with Gasteiger partial charge in [0.2, 0.25) is 15.9 Å². The normalized spacial score (nSPS) is 18.3. The van der Waals surface area contributed by atoms with E-state index in [0.29, 0.717) is 18.4 Å². The van der Waals surface area contributed by atoms with Gasteiger partial charge in [-0.25, -0.2) is 8.42 Å². The monoisotopic (exact) mass is 436 g/mol. The minimum Gasteiger partial charge on any atom is -0.481 e. The molecule has 1 saturated heterocycles. The summed E-state index contributed by atoms with van der Waals surface area (Å²) in [6.07, 6.45) is 0.594. The number of nitrogens with one attached hydrogen (secondary N) is 1. The molecular weight excluding hydrogens is 416 g/mol. The Morgan fingerprint density at radius 2 is 1.90 bits per heavy atom. The van der Waals surface area contributed by atoms with Crippen molar-refractivity contribution in [3.05, 3.63) is 65.2 Å². The van der Waals surface area contributed by atoms with Gasteiger partial charge in [-0.05, 0) is 36.6 Å². The summed E-state index contributed by atoms with van der Waals surface area (Å²) in [6.45, 7) is 0.210. The van der Waals surface area contributed by atoms with Crippen LogP contribution in [0.15, 0.2) is 59.5 Å². The van der Waals surface area contributed by atoms with Gasteiger partial charge < -0.3 is 10.4 Å². The second kappa shape index (κ2) is 8.94. The Kier molecular flexibility index (Phi) is 6.56. The lowest BCUT2D eigenvalue weighted by molar-refractivity contribution is -0.137. The van der Waals surface area contributed by atoms with E-state index in [9.17, 15) is 23.1 Å². The highest BCUT2D eigenvalue weighted by Crippen LogP contribution is 2.28. The van der Waals surface area contributed by atoms with Crippen LogP contribution >= 0.6 is 11.6 Å². The third-order valence-electron chi connectivity index (χ3n) is 4.81. The average Bonchev–Trinajstić information content (AvgIpc) is 3.19. The zero-order valence-corrected chi connectivity index (χ0v) is 17.1. The van der Waals surface area contributed by atoms with Gasteiger partial charge in [-0.3, -0.25) is 9.59 Å². The van der Waals surface area contributed by atoms with Gasteiger partial charge in [0, 0.05) is 11.6 Å². The number of hydrogen-bond acceptors (Lipinski definition) is 4. The van der Waals surface area contributed by atoms with Gasteiger partial charge in [-0.15, -0.1) is 0 Å². The summed E-state index contributed by atoms with van der Waals surface area (Å²) >= 11 is 5.92. The molecule has 0 bridgehead atoms. The van der Waals surface area contributed by atoms with Crippen molar-refractivity contribution in [1.29, 1.82) is 0 Å². The van der Waals surface area contributed by atoms with Crippen LogP contribution in [-0.4, -0.2) is 42.3 Å². The van der Waals surface area contributed by atoms with E-state index >= 15 is 0 Å². The zero-order valence-electron chi connectivity index (χ0n) is 15.5. The molecule has 1 unspecified atom stereocenters. The molecule has 1 fully saturated rings. The largest absolute Gasteiger partial charge is 0.481 e. The van der Waals surface area contributed by atoms with E-state index in [1.165, 1.54) is 12.1 Å². The third-order valence-corrected chi connectivity index (χ3v) is 6.95. The van der Waals surface area contributed by atoms with E-state index in [-0.39, 0.29) is 22.9 Å². The second-order valence-electron chi connectivity index (χ2n) is 6.80. The highest BCUT2D eigenvalue weighted by Gasteiger charge is 2.40. The molecule has 154 valence electrons. The van der Waals surface area contributed by atoms with Gasteiger partial charge in [0.25, 0.3) is 0 Å². The number of carboxylic acid groups (broad SMARTS) is 1. The van der Waals surface area contributed by atoms with Gasteiger partial charge in [0.05, 0.1) is 17.4 Å². The van der Waals surface area contributed by atoms with Crippen molar-refractivity contribution in [3.63, 3.8) is 0 Å². The summed E-state index contributed by atoms with van der Waals surface area (Å²) in [5.41, 5.74) is 0.644. The molecule has 2 N–H and O–H groups in total. The summed E-state index contributed by atoms with van der Waals surface area (Å²) in [5, 5.41) is 12.2. The molecule has 7 nitrogen and oxygen atoms in total. The number of halogens is 1. The molecule has 0 radical (unpaired) electrons. The van der Waals surface area contributed by atoms with E-state index < -0.39 is 34.0 Å². The number of aliphatic carboxylic acids is 1. The third kappa shape index (κ3) is 4.95. The van der Waals surface area contributed by atoms with E-state index in [1.807, 2.05) is 0 Å². The highest BCUT2D eigenvalue weighted by molar-refractivity contribution is 7.89. The maximum Gasteiger partial charge on any atom is 0.305 e. The molecule has 1 heterocycles. The van der Waals surface area contributed by atoms with Gasteiger partial charge in [-0.2, -0.15) is 4.31 Å². The topological polar surface area (TPSA) is 104 Å². The summed E-state index contributed by atoms with van der Waals surface area (Å²) in [4.78, 5) is 24.2. The van der Waals surface area contributed by atoms with E-state index in [4.69, 9.17) is 11.6 Å². The van der Waals surface area contributed by atoms with Crippen LogP contribution in [0.4, 0.5) is 0 Å². The summed E-state index contributed by atoms with van der Waals surface area (Å²) in [7, 11) is -3.91. The van der Waals surface area contributed by atoms with Gasteiger partial charge in [0.15, 0.2) is 0 Å². The molecule has 1 aliphatic heterocycles. The smallest absolute Gasteiger partial charge is 0.305 e. The molecule has 2 aromatic rings. The van der Waals surface area contributed by atoms with Crippen LogP contribution in [0.5, 0.6) is 0 Å². The Morgan fingerprint density at radius 3 is 2.55 bits per heavy atom. The lowest BCUT2D eigenvalue weighted by Crippen LogP contribution is -2.47. The van der Waals surface area contributed by atoms with Crippen molar-refractivity contribution < 1.29 is 23.1 Å². The Hall–Kier alpha value is -2.42. The molecule has 0 aliphatic carbocycles. The average molecular weight is 437 g/mol. The van der Waals surface area contributed by atoms with Crippen LogP contribution in [-0.2, 0) is 19.6 Å². The van der Waals surface area contributed by atoms with Crippen molar-refractivity contribution in [2.75, 3.05) is 6.54 Å². The molecule has 1 aliphatic rings. The zero-order chi connectivity index (χ0) is 21.0. The van der Waals surface area contributed by atoms with Crippen molar-refractivity contribution in [1.82, 2.24) is 9.62 Å². The van der Waals surface area contributed by atoms with Gasteiger partial charge in [0.1, 0.15) is 6.04 Å². The number of amides is 1. The van der Waals surface area contributed by atoms with Crippen molar-refractivity contribution >= 4 is 33.5 Å². The quantitative estimate of drug-likeness (QED) is 0.694. The molecule has 0 spiro atoms. The lowest BCUT2D eigenvalue weighted by Gasteiger charge is -2.26. The Morgan fingerprint density at radius 1 is 1.17 bits per heavy atom. The number of carboxylic acids is 1. The minimum atomic E-state index is -3.91. The second-order valence-corrected chi connectivity index (χ2v) is 9.13. The Bertz CT molecular complexity index is 997. The van der Waals surface area contributed by atoms with Crippen molar-refractivity contribution in [3.8, 4) is 0 Å². The molecule has 0 aromatic heterocycles. The standard InChI is InChI=1S/C20H21ClN2O5S/c21-15-8-4-9-16(12-15)29(27,28)23-11-5-10-18(23)20(26)22-17(13-19(24)25)14-6-2-1-3-7-14/h1-4,6-9,12,17-18H,5,10-11,13H2,(H,22,26)(H,24,25)/t17-,18?/m1/s1. The summed E-state index contributed by atoms with van der Waals surface area (Å²) < 4.78 is 27.2. The summed E-state index contributed by atoms with van der Waals surface area (Å²) in [6, 6.07) is 13.0. The summed E-state index contributed by atoms with van der Waals surface area (Å²) in [5.74, 6) is -1.57. The SMILES string of the molecule is O=C(O)C[C@@H](NC(=O)C1CCCN1S(=O)(=O)c1cccc(Cl)c1)c1ccccc1. The fourth-order valence-electron chi connectivity index (χ4n) is 3.43. The van der Waals surface area contributed by atoms with Crippen molar-refractivity contribution in [2.45, 2.75) is 36.2 Å². The maximum atomic E-state index is 13.0. The molecule has 29 heavy (non-hydrogen) atoms. The number of sulfonamides is 1. The number of rotatable bonds is 7. The Balaban J connectivity index is 1.82. The minimum absolute atomic E-state index is 0.0230. The lowest BCUT2D eigenvalue weighted by atomic mass is 10.0. The number of hydrogen-bond donors (Lipinski definition) is 2. The fourth-order valence-corrected chi connectivity index (χ4v) is 5.39. The van der Waals surface area contributed by atoms with Crippen molar-refractivity contribution in [2.24, 2.45) is 0 Å². The number of benzene rings is 2. The van der Waals surface area contributed by atoms with Crippen LogP contribution in [0.2, 0.25) is 5.02 Å².